The fourth-order valence-electron chi connectivity index (χ4n) is 6.99. The summed E-state index contributed by atoms with van der Waals surface area (Å²) in [5.74, 6) is 5.71. The predicted octanol–water partition coefficient (Wildman–Crippen LogP) is 4.56. The predicted molar refractivity (Wildman–Crippen MR) is 90.0 cm³/mol. The molecule has 22 heavy (non-hydrogen) atoms. The van der Waals surface area contributed by atoms with Crippen LogP contribution in [0.4, 0.5) is 0 Å². The van der Waals surface area contributed by atoms with Gasteiger partial charge in [-0.15, -0.1) is 6.42 Å². The summed E-state index contributed by atoms with van der Waals surface area (Å²) in [5.41, 5.74) is -0.610. The van der Waals surface area contributed by atoms with Crippen LogP contribution >= 0.6 is 0 Å². The van der Waals surface area contributed by atoms with Crippen molar-refractivity contribution in [2.24, 2.45) is 34.5 Å². The van der Waals surface area contributed by atoms with Gasteiger partial charge in [-0.2, -0.15) is 0 Å². The van der Waals surface area contributed by atoms with Gasteiger partial charge in [0, 0.05) is 5.41 Å². The minimum absolute atomic E-state index is 0.138. The van der Waals surface area contributed by atoms with E-state index in [1.54, 1.807) is 0 Å². The Balaban J connectivity index is 1.68. The fourth-order valence-corrected chi connectivity index (χ4v) is 6.99. The van der Waals surface area contributed by atoms with Gasteiger partial charge in [0.15, 0.2) is 0 Å². The topological polar surface area (TPSA) is 20.2 Å². The molecule has 0 spiro atoms. The maximum Gasteiger partial charge on any atom is 0.149 e. The molecule has 0 amide bonds. The van der Waals surface area contributed by atoms with Crippen LogP contribution in [0, 0.1) is 46.8 Å². The molecule has 120 valence electrons. The molecule has 1 nitrogen and oxygen atoms in total. The molecule has 0 heterocycles. The summed E-state index contributed by atoms with van der Waals surface area (Å²) in [6.07, 6.45) is 20.7. The van der Waals surface area contributed by atoms with E-state index in [1.807, 2.05) is 6.08 Å². The van der Waals surface area contributed by atoms with Gasteiger partial charge in [0.1, 0.15) is 5.60 Å². The standard InChI is InChI=1S/C21H30O/c1-4-21(22)14-11-18-16-9-8-15-7-5-6-12-19(15,2)17(16)10-13-20(18,21)3/h1,11,14-18,22H,5-10,12-13H2,2-3H3/t15?,16-,17+,18+,19+,20+,21+/m1/s1. The van der Waals surface area contributed by atoms with Crippen molar-refractivity contribution in [3.8, 4) is 12.3 Å². The molecule has 4 aliphatic rings. The number of terminal acetylenes is 1. The van der Waals surface area contributed by atoms with E-state index in [1.165, 1.54) is 44.9 Å². The Bertz CT molecular complexity index is 543. The third-order valence-electron chi connectivity index (χ3n) is 8.47. The first-order chi connectivity index (χ1) is 10.4. The van der Waals surface area contributed by atoms with Crippen LogP contribution in [0.5, 0.6) is 0 Å². The average molecular weight is 298 g/mol. The van der Waals surface area contributed by atoms with Gasteiger partial charge in [0.05, 0.1) is 0 Å². The van der Waals surface area contributed by atoms with Gasteiger partial charge < -0.3 is 5.11 Å². The number of hydrogen-bond donors (Lipinski definition) is 1. The van der Waals surface area contributed by atoms with E-state index in [0.717, 1.165) is 24.2 Å². The Morgan fingerprint density at radius 3 is 2.68 bits per heavy atom. The van der Waals surface area contributed by atoms with Crippen molar-refractivity contribution in [3.05, 3.63) is 12.2 Å². The molecule has 3 fully saturated rings. The van der Waals surface area contributed by atoms with Gasteiger partial charge in [-0.25, -0.2) is 0 Å². The molecule has 4 aliphatic carbocycles. The van der Waals surface area contributed by atoms with E-state index in [2.05, 4.69) is 25.8 Å². The quantitative estimate of drug-likeness (QED) is 0.513. The minimum Gasteiger partial charge on any atom is -0.373 e. The highest BCUT2D eigenvalue weighted by atomic mass is 16.3. The highest BCUT2D eigenvalue weighted by Gasteiger charge is 2.62. The summed E-state index contributed by atoms with van der Waals surface area (Å²) in [6.45, 7) is 4.82. The van der Waals surface area contributed by atoms with Crippen molar-refractivity contribution in [2.75, 3.05) is 0 Å². The van der Waals surface area contributed by atoms with Crippen LogP contribution in [0.3, 0.4) is 0 Å². The van der Waals surface area contributed by atoms with Crippen LogP contribution in [0.1, 0.15) is 65.2 Å². The summed E-state index contributed by atoms with van der Waals surface area (Å²) in [6, 6.07) is 0. The SMILES string of the molecule is C#C[C@]1(O)C=C[C@H]2[C@@H]3CCC4CCCC[C@]4(C)[C@H]3CC[C@@]21C. The van der Waals surface area contributed by atoms with Crippen molar-refractivity contribution < 1.29 is 5.11 Å². The van der Waals surface area contributed by atoms with E-state index < -0.39 is 5.60 Å². The number of allylic oxidation sites excluding steroid dienone is 1. The first-order valence-electron chi connectivity index (χ1n) is 9.34. The molecule has 0 bridgehead atoms. The minimum atomic E-state index is -1.02. The smallest absolute Gasteiger partial charge is 0.149 e. The zero-order chi connectivity index (χ0) is 15.6. The van der Waals surface area contributed by atoms with Gasteiger partial charge in [0.25, 0.3) is 0 Å². The maximum atomic E-state index is 10.9. The van der Waals surface area contributed by atoms with Crippen molar-refractivity contribution >= 4 is 0 Å². The van der Waals surface area contributed by atoms with Crippen LogP contribution < -0.4 is 0 Å². The molecule has 1 heteroatoms. The van der Waals surface area contributed by atoms with Gasteiger partial charge in [0.2, 0.25) is 0 Å². The molecular formula is C21H30O. The van der Waals surface area contributed by atoms with Crippen molar-refractivity contribution in [1.82, 2.24) is 0 Å². The first-order valence-corrected chi connectivity index (χ1v) is 9.34. The third-order valence-corrected chi connectivity index (χ3v) is 8.47. The molecule has 1 unspecified atom stereocenters. The Kier molecular flexibility index (Phi) is 3.12. The highest BCUT2D eigenvalue weighted by molar-refractivity contribution is 5.34. The first kappa shape index (κ1) is 14.8. The molecule has 4 rings (SSSR count). The molecule has 0 aliphatic heterocycles. The average Bonchev–Trinajstić information content (AvgIpc) is 2.79. The molecule has 1 N–H and O–H groups in total. The third kappa shape index (κ3) is 1.66. The second kappa shape index (κ2) is 4.64. The summed E-state index contributed by atoms with van der Waals surface area (Å²) >= 11 is 0. The van der Waals surface area contributed by atoms with E-state index >= 15 is 0 Å². The van der Waals surface area contributed by atoms with Gasteiger partial charge in [-0.05, 0) is 73.7 Å². The molecule has 0 aromatic carbocycles. The number of aliphatic hydroxyl groups is 1. The number of rotatable bonds is 0. The van der Waals surface area contributed by atoms with Gasteiger partial charge in [-0.3, -0.25) is 0 Å². The monoisotopic (exact) mass is 298 g/mol. The molecular weight excluding hydrogens is 268 g/mol. The van der Waals surface area contributed by atoms with E-state index in [0.29, 0.717) is 11.3 Å². The largest absolute Gasteiger partial charge is 0.373 e. The number of hydrogen-bond acceptors (Lipinski definition) is 1. The molecule has 0 aromatic heterocycles. The lowest BCUT2D eigenvalue weighted by molar-refractivity contribution is -0.127. The molecule has 0 radical (unpaired) electrons. The highest BCUT2D eigenvalue weighted by Crippen LogP contribution is 2.66. The maximum absolute atomic E-state index is 10.9. The van der Waals surface area contributed by atoms with Crippen LogP contribution in [-0.2, 0) is 0 Å². The van der Waals surface area contributed by atoms with Crippen molar-refractivity contribution in [1.29, 1.82) is 0 Å². The Morgan fingerprint density at radius 1 is 1.09 bits per heavy atom. The van der Waals surface area contributed by atoms with E-state index in [4.69, 9.17) is 6.42 Å². The van der Waals surface area contributed by atoms with Crippen LogP contribution in [0.15, 0.2) is 12.2 Å². The lowest BCUT2D eigenvalue weighted by atomic mass is 9.44. The lowest BCUT2D eigenvalue weighted by Crippen LogP contribution is -2.56. The zero-order valence-corrected chi connectivity index (χ0v) is 14.1. The second-order valence-corrected chi connectivity index (χ2v) is 9.05. The fraction of sp³-hybridized carbons (Fsp3) is 0.810. The van der Waals surface area contributed by atoms with Crippen molar-refractivity contribution in [2.45, 2.75) is 70.8 Å². The van der Waals surface area contributed by atoms with Gasteiger partial charge in [-0.1, -0.05) is 38.7 Å². The summed E-state index contributed by atoms with van der Waals surface area (Å²) < 4.78 is 0. The number of fused-ring (bicyclic) bond motifs is 5. The Labute approximate surface area is 135 Å². The second-order valence-electron chi connectivity index (χ2n) is 9.05. The lowest BCUT2D eigenvalue weighted by Gasteiger charge is -2.60. The van der Waals surface area contributed by atoms with Gasteiger partial charge >= 0.3 is 0 Å². The van der Waals surface area contributed by atoms with Crippen molar-refractivity contribution in [3.63, 3.8) is 0 Å². The molecule has 3 saturated carbocycles. The normalized spacial score (nSPS) is 56.6. The molecule has 0 saturated heterocycles. The molecule has 0 aromatic rings. The summed E-state index contributed by atoms with van der Waals surface area (Å²) in [5, 5.41) is 10.9. The zero-order valence-electron chi connectivity index (χ0n) is 14.1. The van der Waals surface area contributed by atoms with E-state index in [-0.39, 0.29) is 5.41 Å². The van der Waals surface area contributed by atoms with Crippen LogP contribution in [0.2, 0.25) is 0 Å². The van der Waals surface area contributed by atoms with Crippen LogP contribution in [0.25, 0.3) is 0 Å². The Morgan fingerprint density at radius 2 is 1.91 bits per heavy atom. The summed E-state index contributed by atoms with van der Waals surface area (Å²) in [7, 11) is 0. The Hall–Kier alpha value is -0.740. The summed E-state index contributed by atoms with van der Waals surface area (Å²) in [4.78, 5) is 0. The van der Waals surface area contributed by atoms with E-state index in [9.17, 15) is 5.11 Å². The van der Waals surface area contributed by atoms with Crippen LogP contribution in [-0.4, -0.2) is 10.7 Å². The molecule has 7 atom stereocenters.